The van der Waals surface area contributed by atoms with Crippen molar-refractivity contribution in [2.24, 2.45) is 0 Å². The predicted molar refractivity (Wildman–Crippen MR) is 146 cm³/mol. The molecule has 0 saturated carbocycles. The Morgan fingerprint density at radius 1 is 0.947 bits per heavy atom. The number of rotatable bonds is 10. The third-order valence-corrected chi connectivity index (χ3v) is 11.9. The molecule has 38 heavy (non-hydrogen) atoms. The van der Waals surface area contributed by atoms with Crippen LogP contribution in [0.1, 0.15) is 27.0 Å². The minimum atomic E-state index is -3.06. The Labute approximate surface area is 223 Å². The summed E-state index contributed by atoms with van der Waals surface area (Å²) in [5.74, 6) is 0. The fraction of sp³-hybridized carbons (Fsp3) is 0.429. The van der Waals surface area contributed by atoms with Gasteiger partial charge in [-0.05, 0) is 15.4 Å². The van der Waals surface area contributed by atoms with Gasteiger partial charge in [-0.15, -0.1) is 0 Å². The summed E-state index contributed by atoms with van der Waals surface area (Å²) in [6.45, 7) is 6.67. The molecule has 1 aromatic heterocycles. The first-order valence-corrected chi connectivity index (χ1v) is 14.6. The van der Waals surface area contributed by atoms with E-state index in [0.29, 0.717) is 6.61 Å². The van der Waals surface area contributed by atoms with Crippen LogP contribution in [0.3, 0.4) is 0 Å². The maximum Gasteiger partial charge on any atom is 0.330 e. The van der Waals surface area contributed by atoms with Crippen molar-refractivity contribution in [2.45, 2.75) is 50.3 Å². The summed E-state index contributed by atoms with van der Waals surface area (Å²) in [5, 5.41) is 12.2. The normalized spacial score (nSPS) is 22.0. The van der Waals surface area contributed by atoms with Gasteiger partial charge in [0.15, 0.2) is 6.23 Å². The zero-order valence-electron chi connectivity index (χ0n) is 22.2. The average Bonchev–Trinajstić information content (AvgIpc) is 3.24. The summed E-state index contributed by atoms with van der Waals surface area (Å²) in [5.41, 5.74) is -1.15. The lowest BCUT2D eigenvalue weighted by atomic mass is 10.1. The standard InChI is InChI=1S/C28H36N2O7Si/c1-28(2,3)38(20-11-7-5-8-12-20,21-13-9-6-10-14-21)37-24-22(19-31)36-26(25(24)35-18-17-34-4)30-16-15-23(32)29-27(30)33/h5-16,22,24-26,31H,17-19H2,1-4H3,(H,29,32,33)/t22-,24-,25-,26-/m1/s1. The van der Waals surface area contributed by atoms with Crippen LogP contribution in [0.5, 0.6) is 0 Å². The second-order valence-electron chi connectivity index (χ2n) is 10.3. The molecule has 1 aliphatic heterocycles. The van der Waals surface area contributed by atoms with E-state index in [0.717, 1.165) is 10.4 Å². The summed E-state index contributed by atoms with van der Waals surface area (Å²) in [6, 6.07) is 21.5. The van der Waals surface area contributed by atoms with Crippen LogP contribution in [0.2, 0.25) is 5.04 Å². The topological polar surface area (TPSA) is 112 Å². The zero-order valence-corrected chi connectivity index (χ0v) is 23.2. The molecular formula is C28H36N2O7Si. The molecule has 2 aromatic carbocycles. The molecule has 0 bridgehead atoms. The number of methoxy groups -OCH3 is 1. The molecule has 4 rings (SSSR count). The molecule has 2 heterocycles. The molecule has 4 atom stereocenters. The van der Waals surface area contributed by atoms with Crippen LogP contribution in [0, 0.1) is 0 Å². The average molecular weight is 541 g/mol. The highest BCUT2D eigenvalue weighted by molar-refractivity contribution is 6.99. The summed E-state index contributed by atoms with van der Waals surface area (Å²) in [6.07, 6.45) is -1.85. The Morgan fingerprint density at radius 3 is 2.05 bits per heavy atom. The van der Waals surface area contributed by atoms with Gasteiger partial charge in [-0.1, -0.05) is 81.4 Å². The zero-order chi connectivity index (χ0) is 27.3. The molecule has 0 aliphatic carbocycles. The van der Waals surface area contributed by atoms with Crippen LogP contribution in [0.4, 0.5) is 0 Å². The molecule has 9 nitrogen and oxygen atoms in total. The van der Waals surface area contributed by atoms with E-state index in [1.54, 1.807) is 7.11 Å². The van der Waals surface area contributed by atoms with Crippen molar-refractivity contribution >= 4 is 18.7 Å². The van der Waals surface area contributed by atoms with Gasteiger partial charge in [-0.3, -0.25) is 14.3 Å². The van der Waals surface area contributed by atoms with Gasteiger partial charge in [0.25, 0.3) is 13.9 Å². The molecule has 0 amide bonds. The first-order valence-electron chi connectivity index (χ1n) is 12.7. The number of benzene rings is 2. The lowest BCUT2D eigenvalue weighted by Crippen LogP contribution is -2.69. The molecule has 204 valence electrons. The van der Waals surface area contributed by atoms with Crippen molar-refractivity contribution in [3.63, 3.8) is 0 Å². The van der Waals surface area contributed by atoms with Crippen molar-refractivity contribution in [1.29, 1.82) is 0 Å². The highest BCUT2D eigenvalue weighted by Crippen LogP contribution is 2.42. The number of nitrogens with one attached hydrogen (secondary N) is 1. The number of aromatic amines is 1. The van der Waals surface area contributed by atoms with E-state index in [-0.39, 0.29) is 18.3 Å². The molecule has 3 aromatic rings. The van der Waals surface area contributed by atoms with Gasteiger partial charge in [0, 0.05) is 19.4 Å². The maximum atomic E-state index is 12.7. The first-order chi connectivity index (χ1) is 18.2. The molecule has 0 unspecified atom stereocenters. The number of H-pyrrole nitrogens is 1. The van der Waals surface area contributed by atoms with Gasteiger partial charge in [-0.25, -0.2) is 4.79 Å². The van der Waals surface area contributed by atoms with E-state index in [1.807, 2.05) is 36.4 Å². The smallest absolute Gasteiger partial charge is 0.330 e. The summed E-state index contributed by atoms with van der Waals surface area (Å²) < 4.78 is 26.3. The first kappa shape index (κ1) is 28.2. The number of ether oxygens (including phenoxy) is 3. The van der Waals surface area contributed by atoms with Crippen LogP contribution < -0.4 is 21.6 Å². The molecule has 1 fully saturated rings. The second kappa shape index (κ2) is 11.9. The molecule has 1 saturated heterocycles. The minimum absolute atomic E-state index is 0.220. The van der Waals surface area contributed by atoms with Crippen LogP contribution in [0.25, 0.3) is 0 Å². The predicted octanol–water partition coefficient (Wildman–Crippen LogP) is 1.40. The third kappa shape index (κ3) is 5.46. The van der Waals surface area contributed by atoms with Crippen LogP contribution >= 0.6 is 0 Å². The van der Waals surface area contributed by atoms with E-state index in [9.17, 15) is 14.7 Å². The maximum absolute atomic E-state index is 12.7. The van der Waals surface area contributed by atoms with Crippen molar-refractivity contribution in [3.8, 4) is 0 Å². The Kier molecular flexibility index (Phi) is 8.81. The van der Waals surface area contributed by atoms with Crippen LogP contribution in [-0.4, -0.2) is 68.2 Å². The van der Waals surface area contributed by atoms with Crippen molar-refractivity contribution in [1.82, 2.24) is 9.55 Å². The summed E-state index contributed by atoms with van der Waals surface area (Å²) in [4.78, 5) is 26.7. The van der Waals surface area contributed by atoms with Gasteiger partial charge in [0.1, 0.15) is 18.3 Å². The molecule has 0 spiro atoms. The van der Waals surface area contributed by atoms with Crippen molar-refractivity contribution < 1.29 is 23.7 Å². The quantitative estimate of drug-likeness (QED) is 0.295. The van der Waals surface area contributed by atoms with Gasteiger partial charge >= 0.3 is 5.69 Å². The number of aliphatic hydroxyl groups is 1. The lowest BCUT2D eigenvalue weighted by Gasteiger charge is -2.45. The Hall–Kier alpha value is -2.86. The highest BCUT2D eigenvalue weighted by Gasteiger charge is 2.57. The Balaban J connectivity index is 1.87. The van der Waals surface area contributed by atoms with Gasteiger partial charge in [0.05, 0.1) is 19.8 Å². The third-order valence-electron chi connectivity index (χ3n) is 6.92. The van der Waals surface area contributed by atoms with Gasteiger partial charge < -0.3 is 23.7 Å². The largest absolute Gasteiger partial charge is 0.399 e. The highest BCUT2D eigenvalue weighted by atomic mass is 28.4. The minimum Gasteiger partial charge on any atom is -0.399 e. The number of hydrogen-bond acceptors (Lipinski definition) is 7. The number of hydrogen-bond donors (Lipinski definition) is 2. The van der Waals surface area contributed by atoms with Crippen LogP contribution in [0.15, 0.2) is 82.5 Å². The molecule has 0 radical (unpaired) electrons. The molecule has 1 aliphatic rings. The van der Waals surface area contributed by atoms with E-state index in [2.05, 4.69) is 50.0 Å². The SMILES string of the molecule is COCCO[C@@H]1[C@H](O[Si](c2ccccc2)(c2ccccc2)C(C)(C)C)[C@@H](CO)O[C@H]1n1ccc(=O)[nH]c1=O. The Morgan fingerprint density at radius 2 is 1.55 bits per heavy atom. The van der Waals surface area contributed by atoms with Crippen LogP contribution in [-0.2, 0) is 18.6 Å². The summed E-state index contributed by atoms with van der Waals surface area (Å²) >= 11 is 0. The second-order valence-corrected chi connectivity index (χ2v) is 14.6. The van der Waals surface area contributed by atoms with E-state index in [1.165, 1.54) is 16.8 Å². The monoisotopic (exact) mass is 540 g/mol. The Bertz CT molecular complexity index is 1250. The van der Waals surface area contributed by atoms with Crippen molar-refractivity contribution in [3.05, 3.63) is 93.8 Å². The molecular weight excluding hydrogens is 504 g/mol. The molecule has 2 N–H and O–H groups in total. The van der Waals surface area contributed by atoms with E-state index >= 15 is 0 Å². The molecule has 10 heteroatoms. The fourth-order valence-electron chi connectivity index (χ4n) is 5.19. The van der Waals surface area contributed by atoms with E-state index < -0.39 is 44.1 Å². The van der Waals surface area contributed by atoms with Gasteiger partial charge in [-0.2, -0.15) is 0 Å². The summed E-state index contributed by atoms with van der Waals surface area (Å²) in [7, 11) is -1.49. The van der Waals surface area contributed by atoms with Gasteiger partial charge in [0.2, 0.25) is 0 Å². The number of nitrogens with zero attached hydrogens (tertiary/aromatic N) is 1. The number of aliphatic hydroxyl groups excluding tert-OH is 1. The van der Waals surface area contributed by atoms with E-state index in [4.69, 9.17) is 18.6 Å². The lowest BCUT2D eigenvalue weighted by molar-refractivity contribution is -0.0812. The van der Waals surface area contributed by atoms with Crippen molar-refractivity contribution in [2.75, 3.05) is 26.9 Å². The fourth-order valence-corrected chi connectivity index (χ4v) is 9.90. The number of aromatic nitrogens is 2.